The molecule has 0 aromatic carbocycles. The van der Waals surface area contributed by atoms with Gasteiger partial charge >= 0.3 is 0 Å². The highest BCUT2D eigenvalue weighted by Crippen LogP contribution is 2.15. The largest absolute Gasteiger partial charge is 0.288 e. The summed E-state index contributed by atoms with van der Waals surface area (Å²) in [4.78, 5) is 13.8. The highest BCUT2D eigenvalue weighted by Gasteiger charge is 2.23. The first-order valence-electron chi connectivity index (χ1n) is 5.87. The summed E-state index contributed by atoms with van der Waals surface area (Å²) in [5, 5.41) is 3.98. The zero-order chi connectivity index (χ0) is 14.9. The molecule has 0 N–H and O–H groups in total. The predicted octanol–water partition coefficient (Wildman–Crippen LogP) is 0.0848. The third-order valence-electron chi connectivity index (χ3n) is 3.08. The summed E-state index contributed by atoms with van der Waals surface area (Å²) in [6, 6.07) is 0. The molecule has 2 rings (SSSR count). The maximum Gasteiger partial charge on any atom is 0.288 e. The number of halogens is 2. The quantitative estimate of drug-likeness (QED) is 0.779. The molecule has 0 aliphatic carbocycles. The maximum absolute atomic E-state index is 11.8. The van der Waals surface area contributed by atoms with E-state index in [9.17, 15) is 13.2 Å². The monoisotopic (exact) mass is 340 g/mol. The first-order chi connectivity index (χ1) is 9.29. The molecular weight excluding hydrogens is 327 g/mol. The summed E-state index contributed by atoms with van der Waals surface area (Å²) in [7, 11) is -3.16. The molecule has 0 radical (unpaired) electrons. The van der Waals surface area contributed by atoms with Crippen molar-refractivity contribution in [3.05, 3.63) is 26.6 Å². The summed E-state index contributed by atoms with van der Waals surface area (Å²) in [5.74, 6) is 0. The van der Waals surface area contributed by atoms with Crippen LogP contribution in [0.1, 0.15) is 0 Å². The van der Waals surface area contributed by atoms with Crippen molar-refractivity contribution in [1.29, 1.82) is 0 Å². The Labute approximate surface area is 126 Å². The Morgan fingerprint density at radius 3 is 2.40 bits per heavy atom. The minimum absolute atomic E-state index is 0.0589. The highest BCUT2D eigenvalue weighted by atomic mass is 35.5. The van der Waals surface area contributed by atoms with Gasteiger partial charge in [-0.15, -0.1) is 0 Å². The zero-order valence-corrected chi connectivity index (χ0v) is 13.1. The highest BCUT2D eigenvalue weighted by molar-refractivity contribution is 7.88. The number of sulfonamides is 1. The molecule has 2 heterocycles. The molecule has 0 unspecified atom stereocenters. The molecule has 0 bridgehead atoms. The molecule has 0 atom stereocenters. The van der Waals surface area contributed by atoms with Crippen LogP contribution in [0.3, 0.4) is 0 Å². The van der Waals surface area contributed by atoms with Gasteiger partial charge in [-0.25, -0.2) is 13.1 Å². The molecule has 1 aliphatic heterocycles. The molecule has 1 fully saturated rings. The van der Waals surface area contributed by atoms with Crippen LogP contribution in [-0.2, 0) is 16.7 Å². The summed E-state index contributed by atoms with van der Waals surface area (Å²) in [5.41, 5.74) is -0.454. The standard InChI is InChI=1S/C10H14Cl2N4O3S/c1-20(18,19)15-4-2-14(3-5-15)7-16-10(17)9(12)8(11)6-13-16/h6H,2-5,7H2,1H3. The lowest BCUT2D eigenvalue weighted by atomic mass is 10.4. The van der Waals surface area contributed by atoms with Gasteiger partial charge in [0.05, 0.1) is 24.1 Å². The second-order valence-electron chi connectivity index (χ2n) is 4.53. The van der Waals surface area contributed by atoms with Crippen molar-refractivity contribution in [2.45, 2.75) is 6.67 Å². The van der Waals surface area contributed by atoms with Gasteiger partial charge in [0.2, 0.25) is 10.0 Å². The fourth-order valence-electron chi connectivity index (χ4n) is 1.94. The molecule has 20 heavy (non-hydrogen) atoms. The van der Waals surface area contributed by atoms with Crippen molar-refractivity contribution in [3.8, 4) is 0 Å². The lowest BCUT2D eigenvalue weighted by Gasteiger charge is -2.32. The first kappa shape index (κ1) is 15.7. The predicted molar refractivity (Wildman–Crippen MR) is 76.5 cm³/mol. The number of hydrogen-bond acceptors (Lipinski definition) is 5. The zero-order valence-electron chi connectivity index (χ0n) is 10.8. The van der Waals surface area contributed by atoms with Crippen LogP contribution >= 0.6 is 23.2 Å². The number of piperazine rings is 1. The number of aromatic nitrogens is 2. The molecule has 1 aromatic heterocycles. The van der Waals surface area contributed by atoms with Crippen molar-refractivity contribution in [2.24, 2.45) is 0 Å². The van der Waals surface area contributed by atoms with E-state index in [1.165, 1.54) is 21.4 Å². The fourth-order valence-corrected chi connectivity index (χ4v) is 3.04. The molecule has 112 valence electrons. The number of nitrogens with zero attached hydrogens (tertiary/aromatic N) is 4. The van der Waals surface area contributed by atoms with Crippen LogP contribution in [0.25, 0.3) is 0 Å². The summed E-state index contributed by atoms with van der Waals surface area (Å²) < 4.78 is 25.4. The summed E-state index contributed by atoms with van der Waals surface area (Å²) in [6.07, 6.45) is 2.51. The van der Waals surface area contributed by atoms with Crippen LogP contribution in [0, 0.1) is 0 Å². The molecule has 1 saturated heterocycles. The van der Waals surface area contributed by atoms with Crippen molar-refractivity contribution in [3.63, 3.8) is 0 Å². The van der Waals surface area contributed by atoms with Gasteiger partial charge in [0.1, 0.15) is 5.02 Å². The average molecular weight is 341 g/mol. The van der Waals surface area contributed by atoms with Gasteiger partial charge in [-0.1, -0.05) is 23.2 Å². The van der Waals surface area contributed by atoms with Crippen LogP contribution in [0.2, 0.25) is 10.0 Å². The van der Waals surface area contributed by atoms with Gasteiger partial charge in [0.15, 0.2) is 0 Å². The molecular formula is C10H14Cl2N4O3S. The maximum atomic E-state index is 11.8. The van der Waals surface area contributed by atoms with Crippen molar-refractivity contribution >= 4 is 33.2 Å². The third-order valence-corrected chi connectivity index (χ3v) is 5.13. The third kappa shape index (κ3) is 3.50. The Bertz CT molecular complexity index is 653. The van der Waals surface area contributed by atoms with E-state index in [0.29, 0.717) is 26.2 Å². The lowest BCUT2D eigenvalue weighted by Crippen LogP contribution is -2.49. The van der Waals surface area contributed by atoms with Crippen molar-refractivity contribution in [2.75, 3.05) is 32.4 Å². The Morgan fingerprint density at radius 1 is 1.25 bits per heavy atom. The normalized spacial score (nSPS) is 18.4. The fraction of sp³-hybridized carbons (Fsp3) is 0.600. The molecule has 0 saturated carbocycles. The van der Waals surface area contributed by atoms with Gasteiger partial charge in [0.25, 0.3) is 5.56 Å². The smallest absolute Gasteiger partial charge is 0.282 e. The van der Waals surface area contributed by atoms with Gasteiger partial charge < -0.3 is 0 Å². The molecule has 0 amide bonds. The Balaban J connectivity index is 2.04. The van der Waals surface area contributed by atoms with Crippen molar-refractivity contribution < 1.29 is 8.42 Å². The van der Waals surface area contributed by atoms with Crippen LogP contribution < -0.4 is 5.56 Å². The van der Waals surface area contributed by atoms with Gasteiger partial charge in [-0.2, -0.15) is 9.40 Å². The molecule has 0 spiro atoms. The topological polar surface area (TPSA) is 75.5 Å². The Morgan fingerprint density at radius 2 is 1.85 bits per heavy atom. The summed E-state index contributed by atoms with van der Waals surface area (Å²) >= 11 is 11.5. The van der Waals surface area contributed by atoms with E-state index in [4.69, 9.17) is 23.2 Å². The molecule has 7 nitrogen and oxygen atoms in total. The number of hydrogen-bond donors (Lipinski definition) is 0. The van der Waals surface area contributed by atoms with E-state index in [1.807, 2.05) is 4.90 Å². The molecule has 10 heteroatoms. The van der Waals surface area contributed by atoms with E-state index in [1.54, 1.807) is 0 Å². The van der Waals surface area contributed by atoms with Gasteiger partial charge in [-0.3, -0.25) is 9.69 Å². The minimum atomic E-state index is -3.16. The van der Waals surface area contributed by atoms with E-state index in [-0.39, 0.29) is 16.7 Å². The lowest BCUT2D eigenvalue weighted by molar-refractivity contribution is 0.143. The van der Waals surface area contributed by atoms with Crippen LogP contribution in [0.4, 0.5) is 0 Å². The SMILES string of the molecule is CS(=O)(=O)N1CCN(Cn2ncc(Cl)c(Cl)c2=O)CC1. The number of rotatable bonds is 3. The van der Waals surface area contributed by atoms with Crippen LogP contribution in [0.5, 0.6) is 0 Å². The Hall–Kier alpha value is -0.670. The molecule has 1 aromatic rings. The van der Waals surface area contributed by atoms with Gasteiger partial charge in [0, 0.05) is 26.2 Å². The molecule has 1 aliphatic rings. The average Bonchev–Trinajstić information content (AvgIpc) is 2.39. The second kappa shape index (κ2) is 5.98. The summed E-state index contributed by atoms with van der Waals surface area (Å²) in [6.45, 7) is 2.11. The second-order valence-corrected chi connectivity index (χ2v) is 7.30. The van der Waals surface area contributed by atoms with Gasteiger partial charge in [-0.05, 0) is 0 Å². The van der Waals surface area contributed by atoms with E-state index >= 15 is 0 Å². The van der Waals surface area contributed by atoms with E-state index < -0.39 is 15.6 Å². The minimum Gasteiger partial charge on any atom is -0.282 e. The first-order valence-corrected chi connectivity index (χ1v) is 8.48. The van der Waals surface area contributed by atoms with Crippen molar-refractivity contribution in [1.82, 2.24) is 19.0 Å². The van der Waals surface area contributed by atoms with E-state index in [2.05, 4.69) is 5.10 Å². The Kier molecular flexibility index (Phi) is 4.70. The van der Waals surface area contributed by atoms with Crippen LogP contribution in [0.15, 0.2) is 11.0 Å². The van der Waals surface area contributed by atoms with E-state index in [0.717, 1.165) is 0 Å². The van der Waals surface area contributed by atoms with Crippen LogP contribution in [-0.4, -0.2) is 59.8 Å².